The smallest absolute Gasteiger partial charge is 0.220 e. The number of hydrogen-bond donors (Lipinski definition) is 2. The monoisotopic (exact) mass is 165 g/mol. The first-order valence-electron chi connectivity index (χ1n) is 4.11. The molecule has 12 heavy (non-hydrogen) atoms. The molecular weight excluding hydrogens is 154 g/mol. The van der Waals surface area contributed by atoms with Crippen molar-refractivity contribution >= 4 is 5.91 Å². The van der Waals surface area contributed by atoms with Crippen molar-refractivity contribution in [1.82, 2.24) is 15.5 Å². The van der Waals surface area contributed by atoms with E-state index < -0.39 is 0 Å². The van der Waals surface area contributed by atoms with Gasteiger partial charge in [0.2, 0.25) is 5.91 Å². The summed E-state index contributed by atoms with van der Waals surface area (Å²) in [6.07, 6.45) is 6.17. The van der Waals surface area contributed by atoms with Gasteiger partial charge in [-0.3, -0.25) is 9.89 Å². The normalized spacial score (nSPS) is 22.7. The molecule has 64 valence electrons. The third-order valence-electron chi connectivity index (χ3n) is 2.12. The Morgan fingerprint density at radius 1 is 1.67 bits per heavy atom. The molecule has 0 aliphatic carbocycles. The maximum atomic E-state index is 10.8. The van der Waals surface area contributed by atoms with E-state index in [-0.39, 0.29) is 5.91 Å². The van der Waals surface area contributed by atoms with Crippen LogP contribution in [0, 0.1) is 0 Å². The molecule has 4 heteroatoms. The van der Waals surface area contributed by atoms with E-state index in [0.717, 1.165) is 18.4 Å². The number of carbonyl (C=O) groups is 1. The number of aromatic amines is 1. The third-order valence-corrected chi connectivity index (χ3v) is 2.12. The van der Waals surface area contributed by atoms with Crippen molar-refractivity contribution in [3.8, 4) is 0 Å². The standard InChI is InChI=1S/C8H11N3O/c12-8-2-1-7(11-8)3-6-4-9-10-5-6/h4-5,7H,1-3H2,(H,9,10)(H,11,12)/t7-/m0/s1. The van der Waals surface area contributed by atoms with Crippen LogP contribution >= 0.6 is 0 Å². The Morgan fingerprint density at radius 2 is 2.58 bits per heavy atom. The van der Waals surface area contributed by atoms with E-state index in [9.17, 15) is 4.79 Å². The minimum atomic E-state index is 0.170. The van der Waals surface area contributed by atoms with Crippen LogP contribution in [0.15, 0.2) is 12.4 Å². The molecule has 0 spiro atoms. The second kappa shape index (κ2) is 2.97. The third kappa shape index (κ3) is 1.47. The lowest BCUT2D eigenvalue weighted by Gasteiger charge is -2.06. The fourth-order valence-corrected chi connectivity index (χ4v) is 1.50. The zero-order chi connectivity index (χ0) is 8.39. The molecule has 1 atom stereocenters. The molecule has 1 aromatic rings. The van der Waals surface area contributed by atoms with Crippen LogP contribution in [0.25, 0.3) is 0 Å². The van der Waals surface area contributed by atoms with Crippen molar-refractivity contribution in [2.45, 2.75) is 25.3 Å². The maximum Gasteiger partial charge on any atom is 0.220 e. The molecule has 4 nitrogen and oxygen atoms in total. The van der Waals surface area contributed by atoms with E-state index in [0.29, 0.717) is 12.5 Å². The number of nitrogens with one attached hydrogen (secondary N) is 2. The number of amides is 1. The molecule has 0 bridgehead atoms. The lowest BCUT2D eigenvalue weighted by atomic mass is 10.1. The van der Waals surface area contributed by atoms with Gasteiger partial charge in [0.25, 0.3) is 0 Å². The topological polar surface area (TPSA) is 57.8 Å². The first-order valence-corrected chi connectivity index (χ1v) is 4.11. The Hall–Kier alpha value is -1.32. The van der Waals surface area contributed by atoms with Crippen molar-refractivity contribution < 1.29 is 4.79 Å². The van der Waals surface area contributed by atoms with Crippen molar-refractivity contribution in [2.24, 2.45) is 0 Å². The molecule has 1 saturated heterocycles. The van der Waals surface area contributed by atoms with Gasteiger partial charge in [-0.1, -0.05) is 0 Å². The molecule has 1 fully saturated rings. The van der Waals surface area contributed by atoms with Gasteiger partial charge in [0.1, 0.15) is 0 Å². The average molecular weight is 165 g/mol. The second-order valence-electron chi connectivity index (χ2n) is 3.11. The zero-order valence-electron chi connectivity index (χ0n) is 6.71. The molecule has 1 amide bonds. The van der Waals surface area contributed by atoms with E-state index in [1.54, 1.807) is 6.20 Å². The van der Waals surface area contributed by atoms with Crippen molar-refractivity contribution in [2.75, 3.05) is 0 Å². The molecular formula is C8H11N3O. The van der Waals surface area contributed by atoms with Gasteiger partial charge in [0.05, 0.1) is 6.20 Å². The highest BCUT2D eigenvalue weighted by Gasteiger charge is 2.20. The van der Waals surface area contributed by atoms with Gasteiger partial charge in [-0.15, -0.1) is 0 Å². The van der Waals surface area contributed by atoms with Crippen molar-refractivity contribution in [1.29, 1.82) is 0 Å². The van der Waals surface area contributed by atoms with Crippen molar-refractivity contribution in [3.63, 3.8) is 0 Å². The van der Waals surface area contributed by atoms with Crippen LogP contribution in [0.3, 0.4) is 0 Å². The van der Waals surface area contributed by atoms with Crippen LogP contribution in [0.5, 0.6) is 0 Å². The van der Waals surface area contributed by atoms with Crippen LogP contribution < -0.4 is 5.32 Å². The fourth-order valence-electron chi connectivity index (χ4n) is 1.50. The van der Waals surface area contributed by atoms with Crippen LogP contribution in [0.4, 0.5) is 0 Å². The van der Waals surface area contributed by atoms with E-state index in [1.165, 1.54) is 0 Å². The molecule has 1 aromatic heterocycles. The van der Waals surface area contributed by atoms with Crippen LogP contribution in [0.1, 0.15) is 18.4 Å². The van der Waals surface area contributed by atoms with E-state index in [4.69, 9.17) is 0 Å². The Balaban J connectivity index is 1.92. The summed E-state index contributed by atoms with van der Waals surface area (Å²) in [5.41, 5.74) is 1.15. The van der Waals surface area contributed by atoms with Crippen LogP contribution in [-0.4, -0.2) is 22.1 Å². The predicted molar refractivity (Wildman–Crippen MR) is 43.5 cm³/mol. The minimum Gasteiger partial charge on any atom is -0.353 e. The number of rotatable bonds is 2. The zero-order valence-corrected chi connectivity index (χ0v) is 6.71. The SMILES string of the molecule is O=C1CC[C@@H](Cc2cn[nH]c2)N1. The molecule has 0 unspecified atom stereocenters. The molecule has 0 aromatic carbocycles. The quantitative estimate of drug-likeness (QED) is 0.659. The first kappa shape index (κ1) is 7.34. The molecule has 2 rings (SSSR count). The molecule has 0 saturated carbocycles. The summed E-state index contributed by atoms with van der Waals surface area (Å²) >= 11 is 0. The first-order chi connectivity index (χ1) is 5.84. The van der Waals surface area contributed by atoms with Gasteiger partial charge >= 0.3 is 0 Å². The highest BCUT2D eigenvalue weighted by Crippen LogP contribution is 2.11. The summed E-state index contributed by atoms with van der Waals surface area (Å²) < 4.78 is 0. The Labute approximate surface area is 70.4 Å². The van der Waals surface area contributed by atoms with Crippen LogP contribution in [0.2, 0.25) is 0 Å². The summed E-state index contributed by atoms with van der Waals surface area (Å²) in [5, 5.41) is 9.51. The lowest BCUT2D eigenvalue weighted by molar-refractivity contribution is -0.119. The largest absolute Gasteiger partial charge is 0.353 e. The lowest BCUT2D eigenvalue weighted by Crippen LogP contribution is -2.26. The fraction of sp³-hybridized carbons (Fsp3) is 0.500. The van der Waals surface area contributed by atoms with Gasteiger partial charge in [-0.2, -0.15) is 5.10 Å². The highest BCUT2D eigenvalue weighted by atomic mass is 16.1. The Bertz CT molecular complexity index is 268. The number of carbonyl (C=O) groups excluding carboxylic acids is 1. The number of nitrogens with zero attached hydrogens (tertiary/aromatic N) is 1. The summed E-state index contributed by atoms with van der Waals surface area (Å²) in [6.45, 7) is 0. The van der Waals surface area contributed by atoms with E-state index in [1.807, 2.05) is 6.20 Å². The predicted octanol–water partition coefficient (Wildman–Crippen LogP) is 0.231. The summed E-state index contributed by atoms with van der Waals surface area (Å²) in [4.78, 5) is 10.8. The molecule has 0 radical (unpaired) electrons. The summed E-state index contributed by atoms with van der Waals surface area (Å²) in [7, 11) is 0. The Morgan fingerprint density at radius 3 is 3.17 bits per heavy atom. The second-order valence-corrected chi connectivity index (χ2v) is 3.11. The van der Waals surface area contributed by atoms with Crippen LogP contribution in [-0.2, 0) is 11.2 Å². The van der Waals surface area contributed by atoms with E-state index in [2.05, 4.69) is 15.5 Å². The van der Waals surface area contributed by atoms with E-state index >= 15 is 0 Å². The molecule has 2 N–H and O–H groups in total. The summed E-state index contributed by atoms with van der Waals surface area (Å²) in [6, 6.07) is 0.315. The molecule has 2 heterocycles. The van der Waals surface area contributed by atoms with Gasteiger partial charge in [-0.25, -0.2) is 0 Å². The maximum absolute atomic E-state index is 10.8. The Kier molecular flexibility index (Phi) is 1.81. The molecule has 1 aliphatic heterocycles. The number of aromatic nitrogens is 2. The minimum absolute atomic E-state index is 0.170. The molecule has 1 aliphatic rings. The average Bonchev–Trinajstić information content (AvgIpc) is 2.63. The van der Waals surface area contributed by atoms with Gasteiger partial charge in [0, 0.05) is 18.7 Å². The number of H-pyrrole nitrogens is 1. The van der Waals surface area contributed by atoms with Crippen molar-refractivity contribution in [3.05, 3.63) is 18.0 Å². The van der Waals surface area contributed by atoms with Gasteiger partial charge in [-0.05, 0) is 18.4 Å². The number of hydrogen-bond acceptors (Lipinski definition) is 2. The van der Waals surface area contributed by atoms with Gasteiger partial charge in [0.15, 0.2) is 0 Å². The highest BCUT2D eigenvalue weighted by molar-refractivity contribution is 5.78. The van der Waals surface area contributed by atoms with Gasteiger partial charge < -0.3 is 5.32 Å². The summed E-state index contributed by atoms with van der Waals surface area (Å²) in [5.74, 6) is 0.170.